The summed E-state index contributed by atoms with van der Waals surface area (Å²) in [5.41, 5.74) is 0. The Morgan fingerprint density at radius 2 is 0.576 bits per heavy atom. The van der Waals surface area contributed by atoms with Crippen molar-refractivity contribution in [2.24, 2.45) is 0 Å². The summed E-state index contributed by atoms with van der Waals surface area (Å²) in [6, 6.07) is 0. The molecule has 0 amide bonds. The Balaban J connectivity index is 8.22. The monoisotopic (exact) mass is 606 g/mol. The van der Waals surface area contributed by atoms with Crippen molar-refractivity contribution in [3.05, 3.63) is 0 Å². The van der Waals surface area contributed by atoms with Crippen LogP contribution in [0, 0.1) is 0 Å². The normalized spacial score (nSPS) is 16.7. The highest BCUT2D eigenvalue weighted by Crippen LogP contribution is 2.69. The third-order valence-corrected chi connectivity index (χ3v) is 99.2. The second kappa shape index (κ2) is 9.39. The summed E-state index contributed by atoms with van der Waals surface area (Å²) in [6.45, 7) is 55.0. The SMILES string of the molecule is CC(C)(C)[Si]([Si](Br)[Si]([Si](C)(C)C)[Si](C(C)(C)C)(C(C)(C)C)C(C)(C)C)(C(C)(C)C)C(C)(C)C. The molecule has 0 aromatic carbocycles. The fourth-order valence-corrected chi connectivity index (χ4v) is 169. The van der Waals surface area contributed by atoms with E-state index in [0.29, 0.717) is 30.2 Å². The summed E-state index contributed by atoms with van der Waals surface area (Å²) in [6.07, 6.45) is 0. The van der Waals surface area contributed by atoms with Gasteiger partial charge in [0.25, 0.3) is 0 Å². The molecule has 0 aliphatic heterocycles. The lowest BCUT2D eigenvalue weighted by molar-refractivity contribution is 0.552. The minimum atomic E-state index is -1.89. The van der Waals surface area contributed by atoms with E-state index in [1.165, 1.54) is 0 Å². The largest absolute Gasteiger partial charge is 0.137 e. The highest BCUT2D eigenvalue weighted by atomic mass is 79.9. The molecule has 6 heteroatoms. The second-order valence-corrected chi connectivity index (χ2v) is 65.1. The van der Waals surface area contributed by atoms with Crippen molar-refractivity contribution >= 4 is 51.9 Å². The Morgan fingerprint density at radius 3 is 0.697 bits per heavy atom. The van der Waals surface area contributed by atoms with Crippen LogP contribution in [0.15, 0.2) is 0 Å². The van der Waals surface area contributed by atoms with E-state index in [1.54, 1.807) is 0 Å². The van der Waals surface area contributed by atoms with Gasteiger partial charge in [0.05, 0.1) is 15.2 Å². The molecule has 0 rings (SSSR count). The zero-order valence-electron chi connectivity index (χ0n) is 26.9. The molecule has 198 valence electrons. The molecule has 0 aromatic heterocycles. The van der Waals surface area contributed by atoms with E-state index in [4.69, 9.17) is 15.3 Å². The van der Waals surface area contributed by atoms with Crippen LogP contribution in [0.2, 0.25) is 49.9 Å². The topological polar surface area (TPSA) is 0 Å². The van der Waals surface area contributed by atoms with E-state index in [-0.39, 0.29) is 0 Å². The second-order valence-electron chi connectivity index (χ2n) is 17.9. The minimum Gasteiger partial charge on any atom is -0.137 e. The van der Waals surface area contributed by atoms with E-state index in [0.717, 1.165) is 0 Å². The van der Waals surface area contributed by atoms with Crippen molar-refractivity contribution in [2.45, 2.75) is 174 Å². The molecule has 0 heterocycles. The number of hydrogen-bond acceptors (Lipinski definition) is 0. The molecule has 0 saturated heterocycles. The molecule has 2 radical (unpaired) electrons. The molecule has 0 aliphatic rings. The fraction of sp³-hybridized carbons (Fsp3) is 1.00. The van der Waals surface area contributed by atoms with Gasteiger partial charge in [0, 0.05) is 14.9 Å². The van der Waals surface area contributed by atoms with E-state index < -0.39 is 36.6 Å². The van der Waals surface area contributed by atoms with Gasteiger partial charge in [0.1, 0.15) is 6.45 Å². The number of rotatable bonds is 4. The van der Waals surface area contributed by atoms with Crippen molar-refractivity contribution < 1.29 is 0 Å². The molecule has 33 heavy (non-hydrogen) atoms. The molecule has 0 nitrogen and oxygen atoms in total. The predicted molar refractivity (Wildman–Crippen MR) is 174 cm³/mol. The van der Waals surface area contributed by atoms with Crippen LogP contribution >= 0.6 is 15.3 Å². The first-order chi connectivity index (χ1) is 13.8. The van der Waals surface area contributed by atoms with Gasteiger partial charge in [-0.3, -0.25) is 0 Å². The standard InChI is InChI=1S/C27H63BrSi5/c1-22(2,3)32(23(4,5)6,24(7,8)9)29(28)30(31(19,20)21)33(25(10,11)12,26(13,14)15)27(16,17)18/h1-21H3. The zero-order chi connectivity index (χ0) is 27.7. The summed E-state index contributed by atoms with van der Waals surface area (Å²) in [5, 5.41) is 2.17. The van der Waals surface area contributed by atoms with Crippen molar-refractivity contribution in [1.82, 2.24) is 0 Å². The van der Waals surface area contributed by atoms with Gasteiger partial charge in [-0.1, -0.05) is 144 Å². The number of halogens is 1. The van der Waals surface area contributed by atoms with Crippen LogP contribution in [0.3, 0.4) is 0 Å². The zero-order valence-corrected chi connectivity index (χ0v) is 33.5. The van der Waals surface area contributed by atoms with Crippen molar-refractivity contribution in [3.8, 4) is 0 Å². The van der Waals surface area contributed by atoms with E-state index in [2.05, 4.69) is 144 Å². The van der Waals surface area contributed by atoms with Crippen LogP contribution in [0.5, 0.6) is 0 Å². The summed E-state index contributed by atoms with van der Waals surface area (Å²) < 4.78 is 0. The van der Waals surface area contributed by atoms with Gasteiger partial charge < -0.3 is 0 Å². The van der Waals surface area contributed by atoms with Crippen LogP contribution in [-0.4, -0.2) is 36.6 Å². The van der Waals surface area contributed by atoms with Gasteiger partial charge in [0.15, 0.2) is 0 Å². The first-order valence-corrected chi connectivity index (χ1v) is 29.9. The van der Waals surface area contributed by atoms with Crippen LogP contribution < -0.4 is 0 Å². The Labute approximate surface area is 225 Å². The van der Waals surface area contributed by atoms with Gasteiger partial charge in [-0.15, -0.1) is 15.3 Å². The molecule has 0 fully saturated rings. The van der Waals surface area contributed by atoms with Gasteiger partial charge in [-0.05, 0) is 30.2 Å². The maximum absolute atomic E-state index is 4.90. The highest BCUT2D eigenvalue weighted by Gasteiger charge is 2.74. The van der Waals surface area contributed by atoms with E-state index in [1.807, 2.05) is 0 Å². The van der Waals surface area contributed by atoms with Crippen molar-refractivity contribution in [3.63, 3.8) is 0 Å². The number of hydrogen-bond donors (Lipinski definition) is 0. The maximum Gasteiger partial charge on any atom is 0.110 e. The first kappa shape index (κ1) is 34.6. The highest BCUT2D eigenvalue weighted by molar-refractivity contribution is 9.28. The molecule has 0 bridgehead atoms. The molecule has 0 N–H and O–H groups in total. The van der Waals surface area contributed by atoms with Crippen LogP contribution in [-0.2, 0) is 0 Å². The minimum absolute atomic E-state index is 0.352. The van der Waals surface area contributed by atoms with Crippen LogP contribution in [0.4, 0.5) is 0 Å². The fourth-order valence-electron chi connectivity index (χ4n) is 10.1. The van der Waals surface area contributed by atoms with E-state index in [9.17, 15) is 0 Å². The molecule has 0 aromatic rings. The Kier molecular flexibility index (Phi) is 9.84. The Bertz CT molecular complexity index is 593. The first-order valence-electron chi connectivity index (χ1n) is 13.2. The summed E-state index contributed by atoms with van der Waals surface area (Å²) >= 11 is 4.90. The molecular weight excluding hydrogens is 545 g/mol. The summed E-state index contributed by atoms with van der Waals surface area (Å²) in [5.74, 6) is 0. The predicted octanol–water partition coefficient (Wildman–Crippen LogP) is 11.2. The molecule has 0 atom stereocenters. The summed E-state index contributed by atoms with van der Waals surface area (Å²) in [4.78, 5) is 0. The average Bonchev–Trinajstić information content (AvgIpc) is 2.32. The molecule has 0 spiro atoms. The van der Waals surface area contributed by atoms with Crippen molar-refractivity contribution in [2.75, 3.05) is 0 Å². The van der Waals surface area contributed by atoms with Gasteiger partial charge in [0.2, 0.25) is 0 Å². The van der Waals surface area contributed by atoms with Gasteiger partial charge >= 0.3 is 0 Å². The average molecular weight is 608 g/mol. The van der Waals surface area contributed by atoms with Gasteiger partial charge in [-0.25, -0.2) is 0 Å². The lowest BCUT2D eigenvalue weighted by Crippen LogP contribution is -2.85. The van der Waals surface area contributed by atoms with E-state index >= 15 is 0 Å². The smallest absolute Gasteiger partial charge is 0.110 e. The quantitative estimate of drug-likeness (QED) is 0.220. The van der Waals surface area contributed by atoms with Crippen LogP contribution in [0.25, 0.3) is 0 Å². The molecular formula is C27H63BrSi5. The molecule has 0 saturated carbocycles. The Morgan fingerprint density at radius 1 is 0.394 bits per heavy atom. The third kappa shape index (κ3) is 5.56. The lowest BCUT2D eigenvalue weighted by atomic mass is 10.2. The lowest BCUT2D eigenvalue weighted by Gasteiger charge is -2.70. The Hall–Kier alpha value is 1.56. The van der Waals surface area contributed by atoms with Gasteiger partial charge in [-0.2, -0.15) is 0 Å². The molecule has 0 aliphatic carbocycles. The maximum atomic E-state index is 4.90. The van der Waals surface area contributed by atoms with Crippen LogP contribution in [0.1, 0.15) is 125 Å². The summed E-state index contributed by atoms with van der Waals surface area (Å²) in [7, 11) is -5.88. The van der Waals surface area contributed by atoms with Crippen molar-refractivity contribution in [1.29, 1.82) is 0 Å². The third-order valence-electron chi connectivity index (χ3n) is 8.42. The molecule has 0 unspecified atom stereocenters.